The van der Waals surface area contributed by atoms with Gasteiger partial charge in [-0.05, 0) is 19.3 Å². The minimum absolute atomic E-state index is 0.430. The Morgan fingerprint density at radius 3 is 2.18 bits per heavy atom. The molecule has 0 atom stereocenters. The third-order valence-corrected chi connectivity index (χ3v) is 1.69. The third kappa shape index (κ3) is 9.41. The second-order valence-electron chi connectivity index (χ2n) is 2.74. The summed E-state index contributed by atoms with van der Waals surface area (Å²) in [6.45, 7) is 3.65. The van der Waals surface area contributed by atoms with Crippen molar-refractivity contribution in [3.8, 4) is 0 Å². The molecule has 0 aromatic heterocycles. The van der Waals surface area contributed by atoms with Crippen molar-refractivity contribution in [2.45, 2.75) is 44.9 Å². The molecule has 0 aliphatic heterocycles. The van der Waals surface area contributed by atoms with Crippen LogP contribution in [0.1, 0.15) is 46.3 Å². The van der Waals surface area contributed by atoms with Gasteiger partial charge in [-0.15, -0.1) is 6.58 Å². The van der Waals surface area contributed by atoms with Gasteiger partial charge in [0, 0.05) is 6.42 Å². The Kier molecular flexibility index (Phi) is 7.28. The number of allylic oxidation sites excluding steroid dienone is 1. The molecular formula is C10H18O. The Balaban J connectivity index is 2.90. The van der Waals surface area contributed by atoms with Crippen LogP contribution >= 0.6 is 0 Å². The van der Waals surface area contributed by atoms with E-state index < -0.39 is 6.26 Å². The number of aldehydes is 1. The molecule has 0 saturated carbocycles. The Labute approximate surface area is 70.9 Å². The van der Waals surface area contributed by atoms with Crippen molar-refractivity contribution in [1.29, 1.82) is 0 Å². The molecule has 0 spiro atoms. The van der Waals surface area contributed by atoms with E-state index in [0.29, 0.717) is 6.42 Å². The molecule has 0 rings (SSSR count). The van der Waals surface area contributed by atoms with Crippen LogP contribution in [0.2, 0.25) is 0 Å². The summed E-state index contributed by atoms with van der Waals surface area (Å²) in [5, 5.41) is 0. The number of unbranched alkanes of at least 4 members (excludes halogenated alkanes) is 5. The van der Waals surface area contributed by atoms with Crippen LogP contribution in [0, 0.1) is 0 Å². The predicted molar refractivity (Wildman–Crippen MR) is 48.6 cm³/mol. The number of carbonyl (C=O) groups is 1. The van der Waals surface area contributed by atoms with E-state index in [1.807, 2.05) is 6.08 Å². The van der Waals surface area contributed by atoms with Crippen molar-refractivity contribution in [2.24, 2.45) is 0 Å². The minimum Gasteiger partial charge on any atom is -0.303 e. The van der Waals surface area contributed by atoms with Crippen molar-refractivity contribution in [1.82, 2.24) is 0 Å². The van der Waals surface area contributed by atoms with Gasteiger partial charge >= 0.3 is 0 Å². The molecule has 0 aliphatic rings. The van der Waals surface area contributed by atoms with E-state index in [1.165, 1.54) is 19.3 Å². The van der Waals surface area contributed by atoms with Crippen LogP contribution in [0.15, 0.2) is 12.7 Å². The normalized spacial score (nSPS) is 10.7. The average Bonchev–Trinajstić information content (AvgIpc) is 2.02. The van der Waals surface area contributed by atoms with Gasteiger partial charge in [-0.1, -0.05) is 25.3 Å². The number of hydrogen-bond donors (Lipinski definition) is 0. The van der Waals surface area contributed by atoms with Crippen LogP contribution in [0.4, 0.5) is 0 Å². The van der Waals surface area contributed by atoms with Gasteiger partial charge < -0.3 is 4.79 Å². The molecule has 11 heavy (non-hydrogen) atoms. The fraction of sp³-hybridized carbons (Fsp3) is 0.700. The summed E-state index contributed by atoms with van der Waals surface area (Å²) in [5.74, 6) is 0. The molecule has 64 valence electrons. The summed E-state index contributed by atoms with van der Waals surface area (Å²) >= 11 is 0. The first-order valence-electron chi connectivity index (χ1n) is 4.87. The van der Waals surface area contributed by atoms with Crippen LogP contribution in [-0.2, 0) is 4.79 Å². The fourth-order valence-corrected chi connectivity index (χ4v) is 1.02. The van der Waals surface area contributed by atoms with Gasteiger partial charge in [-0.3, -0.25) is 0 Å². The SMILES string of the molecule is [2H]C(=O)CCCCCCCC=C. The quantitative estimate of drug-likeness (QED) is 0.299. The maximum atomic E-state index is 10.2. The van der Waals surface area contributed by atoms with Gasteiger partial charge in [0.25, 0.3) is 0 Å². The highest BCUT2D eigenvalue weighted by Gasteiger charge is 1.88. The van der Waals surface area contributed by atoms with Crippen LogP contribution in [0.3, 0.4) is 0 Å². The Bertz CT molecular complexity index is 132. The molecule has 0 fully saturated rings. The van der Waals surface area contributed by atoms with Crippen molar-refractivity contribution in [3.05, 3.63) is 12.7 Å². The van der Waals surface area contributed by atoms with Crippen LogP contribution in [-0.4, -0.2) is 6.26 Å². The smallest absolute Gasteiger partial charge is 0.119 e. The van der Waals surface area contributed by atoms with Crippen molar-refractivity contribution < 1.29 is 6.17 Å². The fourth-order valence-electron chi connectivity index (χ4n) is 1.02. The summed E-state index contributed by atoms with van der Waals surface area (Å²) in [7, 11) is 0. The Hall–Kier alpha value is -0.590. The summed E-state index contributed by atoms with van der Waals surface area (Å²) in [4.78, 5) is 10.2. The van der Waals surface area contributed by atoms with E-state index >= 15 is 0 Å². The first-order chi connectivity index (χ1) is 5.77. The van der Waals surface area contributed by atoms with Gasteiger partial charge in [0.2, 0.25) is 0 Å². The highest BCUT2D eigenvalue weighted by molar-refractivity contribution is 5.48. The van der Waals surface area contributed by atoms with Gasteiger partial charge in [0.05, 0.1) is 0 Å². The lowest BCUT2D eigenvalue weighted by atomic mass is 10.1. The standard InChI is InChI=1S/C10H18O/c1-2-3-4-5-6-7-8-9-10-11/h2,10H,1,3-9H2/i10D. The van der Waals surface area contributed by atoms with Gasteiger partial charge in [-0.25, -0.2) is 0 Å². The summed E-state index contributed by atoms with van der Waals surface area (Å²) in [5.41, 5.74) is 0. The van der Waals surface area contributed by atoms with Gasteiger partial charge in [0.1, 0.15) is 7.63 Å². The Morgan fingerprint density at radius 2 is 1.64 bits per heavy atom. The molecule has 0 N–H and O–H groups in total. The topological polar surface area (TPSA) is 17.1 Å². The zero-order valence-electron chi connectivity index (χ0n) is 8.14. The first-order valence-corrected chi connectivity index (χ1v) is 4.37. The van der Waals surface area contributed by atoms with Crippen LogP contribution in [0.5, 0.6) is 0 Å². The molecule has 0 aliphatic carbocycles. The van der Waals surface area contributed by atoms with Gasteiger partial charge in [-0.2, -0.15) is 0 Å². The molecule has 0 amide bonds. The van der Waals surface area contributed by atoms with Gasteiger partial charge in [0.15, 0.2) is 0 Å². The van der Waals surface area contributed by atoms with Crippen LogP contribution in [0.25, 0.3) is 0 Å². The largest absolute Gasteiger partial charge is 0.303 e. The molecule has 1 heteroatoms. The summed E-state index contributed by atoms with van der Waals surface area (Å²) in [6.07, 6.45) is 8.61. The summed E-state index contributed by atoms with van der Waals surface area (Å²) in [6, 6.07) is 0. The zero-order chi connectivity index (χ0) is 9.23. The van der Waals surface area contributed by atoms with Crippen LogP contribution < -0.4 is 0 Å². The van der Waals surface area contributed by atoms with E-state index in [4.69, 9.17) is 1.37 Å². The molecule has 0 bridgehead atoms. The molecule has 0 radical (unpaired) electrons. The minimum atomic E-state index is -0.430. The Morgan fingerprint density at radius 1 is 1.09 bits per heavy atom. The second-order valence-corrected chi connectivity index (χ2v) is 2.74. The molecule has 0 aromatic rings. The van der Waals surface area contributed by atoms with Crippen molar-refractivity contribution >= 4 is 6.26 Å². The summed E-state index contributed by atoms with van der Waals surface area (Å²) < 4.78 is 6.67. The molecule has 0 heterocycles. The maximum absolute atomic E-state index is 10.2. The lowest BCUT2D eigenvalue weighted by molar-refractivity contribution is -0.107. The van der Waals surface area contributed by atoms with E-state index in [1.54, 1.807) is 0 Å². The number of carbonyl (C=O) groups excluding carboxylic acids is 1. The highest BCUT2D eigenvalue weighted by Crippen LogP contribution is 2.06. The molecule has 1 nitrogen and oxygen atoms in total. The van der Waals surface area contributed by atoms with E-state index in [9.17, 15) is 4.79 Å². The second kappa shape index (κ2) is 9.41. The third-order valence-electron chi connectivity index (χ3n) is 1.69. The monoisotopic (exact) mass is 155 g/mol. The lowest BCUT2D eigenvalue weighted by Gasteiger charge is -1.96. The highest BCUT2D eigenvalue weighted by atomic mass is 16.1. The molecule has 0 saturated heterocycles. The zero-order valence-corrected chi connectivity index (χ0v) is 7.14. The number of hydrogen-bond acceptors (Lipinski definition) is 1. The molecule has 0 unspecified atom stereocenters. The average molecular weight is 155 g/mol. The first kappa shape index (κ1) is 8.51. The van der Waals surface area contributed by atoms with E-state index in [2.05, 4.69) is 6.58 Å². The lowest BCUT2D eigenvalue weighted by Crippen LogP contribution is -1.79. The molecular weight excluding hydrogens is 136 g/mol. The van der Waals surface area contributed by atoms with E-state index in [-0.39, 0.29) is 0 Å². The van der Waals surface area contributed by atoms with Crippen molar-refractivity contribution in [2.75, 3.05) is 0 Å². The maximum Gasteiger partial charge on any atom is 0.119 e. The van der Waals surface area contributed by atoms with Crippen molar-refractivity contribution in [3.63, 3.8) is 0 Å². The predicted octanol–water partition coefficient (Wildman–Crippen LogP) is 3.10. The van der Waals surface area contributed by atoms with E-state index in [0.717, 1.165) is 19.3 Å². The molecule has 0 aromatic carbocycles. The number of rotatable bonds is 8.